The van der Waals surface area contributed by atoms with Gasteiger partial charge in [-0.25, -0.2) is 0 Å². The van der Waals surface area contributed by atoms with Crippen molar-refractivity contribution >= 4 is 0 Å². The van der Waals surface area contributed by atoms with Crippen LogP contribution in [0.5, 0.6) is 0 Å². The lowest BCUT2D eigenvalue weighted by molar-refractivity contribution is 0.125. The number of methoxy groups -OCH3 is 1. The number of piperazine rings is 1. The molecule has 0 amide bonds. The predicted molar refractivity (Wildman–Crippen MR) is 50.4 cm³/mol. The Morgan fingerprint density at radius 2 is 2.42 bits per heavy atom. The van der Waals surface area contributed by atoms with Gasteiger partial charge in [0.1, 0.15) is 0 Å². The van der Waals surface area contributed by atoms with Gasteiger partial charge in [-0.1, -0.05) is 6.92 Å². The summed E-state index contributed by atoms with van der Waals surface area (Å²) < 4.78 is 5.05. The first-order valence-electron chi connectivity index (χ1n) is 4.81. The molecule has 3 heteroatoms. The second-order valence-electron chi connectivity index (χ2n) is 3.35. The topological polar surface area (TPSA) is 24.5 Å². The summed E-state index contributed by atoms with van der Waals surface area (Å²) >= 11 is 0. The molecule has 1 unspecified atom stereocenters. The van der Waals surface area contributed by atoms with Crippen LogP contribution in [0.25, 0.3) is 0 Å². The number of nitrogens with one attached hydrogen (secondary N) is 1. The van der Waals surface area contributed by atoms with Gasteiger partial charge < -0.3 is 10.1 Å². The summed E-state index contributed by atoms with van der Waals surface area (Å²) in [5.74, 6) is 0. The van der Waals surface area contributed by atoms with Crippen molar-refractivity contribution in [3.63, 3.8) is 0 Å². The number of hydrogen-bond donors (Lipinski definition) is 1. The molecule has 0 aromatic rings. The zero-order valence-electron chi connectivity index (χ0n) is 8.18. The minimum absolute atomic E-state index is 0.690. The average molecular weight is 172 g/mol. The van der Waals surface area contributed by atoms with Crippen LogP contribution in [0.15, 0.2) is 0 Å². The lowest BCUT2D eigenvalue weighted by atomic mass is 10.1. The van der Waals surface area contributed by atoms with Crippen LogP contribution in [-0.2, 0) is 4.74 Å². The Bertz CT molecular complexity index is 119. The molecule has 1 saturated heterocycles. The molecule has 1 heterocycles. The van der Waals surface area contributed by atoms with Crippen LogP contribution in [0.1, 0.15) is 13.3 Å². The molecule has 0 bridgehead atoms. The molecule has 3 nitrogen and oxygen atoms in total. The standard InChI is InChI=1S/C9H20N2O/c1-3-9-8-11(5-4-10-9)6-7-12-2/h9-10H,3-8H2,1-2H3. The molecule has 1 fully saturated rings. The molecule has 12 heavy (non-hydrogen) atoms. The molecule has 1 aliphatic rings. The minimum Gasteiger partial charge on any atom is -0.383 e. The maximum atomic E-state index is 5.05. The second-order valence-corrected chi connectivity index (χ2v) is 3.35. The van der Waals surface area contributed by atoms with Gasteiger partial charge in [0.2, 0.25) is 0 Å². The van der Waals surface area contributed by atoms with Gasteiger partial charge in [-0.3, -0.25) is 4.90 Å². The molecule has 0 aromatic heterocycles. The van der Waals surface area contributed by atoms with Crippen molar-refractivity contribution in [1.82, 2.24) is 10.2 Å². The monoisotopic (exact) mass is 172 g/mol. The van der Waals surface area contributed by atoms with Crippen LogP contribution in [0, 0.1) is 0 Å². The summed E-state index contributed by atoms with van der Waals surface area (Å²) in [4.78, 5) is 2.47. The molecule has 0 aliphatic carbocycles. The third-order valence-electron chi connectivity index (χ3n) is 2.44. The van der Waals surface area contributed by atoms with E-state index in [1.54, 1.807) is 7.11 Å². The van der Waals surface area contributed by atoms with Crippen LogP contribution >= 0.6 is 0 Å². The van der Waals surface area contributed by atoms with Crippen LogP contribution in [0.2, 0.25) is 0 Å². The summed E-state index contributed by atoms with van der Waals surface area (Å²) in [5.41, 5.74) is 0. The van der Waals surface area contributed by atoms with Crippen molar-refractivity contribution in [2.45, 2.75) is 19.4 Å². The zero-order valence-corrected chi connectivity index (χ0v) is 8.18. The van der Waals surface area contributed by atoms with Crippen LogP contribution < -0.4 is 5.32 Å². The number of nitrogens with zero attached hydrogens (tertiary/aromatic N) is 1. The summed E-state index contributed by atoms with van der Waals surface area (Å²) in [5, 5.41) is 3.49. The van der Waals surface area contributed by atoms with Gasteiger partial charge in [0.15, 0.2) is 0 Å². The van der Waals surface area contributed by atoms with Crippen LogP contribution in [-0.4, -0.2) is 50.8 Å². The Balaban J connectivity index is 2.16. The fraction of sp³-hybridized carbons (Fsp3) is 1.00. The largest absolute Gasteiger partial charge is 0.383 e. The number of ether oxygens (including phenoxy) is 1. The van der Waals surface area contributed by atoms with Crippen molar-refractivity contribution in [3.8, 4) is 0 Å². The summed E-state index contributed by atoms with van der Waals surface area (Å²) in [7, 11) is 1.76. The smallest absolute Gasteiger partial charge is 0.0589 e. The van der Waals surface area contributed by atoms with Crippen LogP contribution in [0.3, 0.4) is 0 Å². The van der Waals surface area contributed by atoms with E-state index in [0.717, 1.165) is 19.7 Å². The molecule has 0 aromatic carbocycles. The quantitative estimate of drug-likeness (QED) is 0.661. The van der Waals surface area contributed by atoms with Gasteiger partial charge in [0.25, 0.3) is 0 Å². The summed E-state index contributed by atoms with van der Waals surface area (Å²) in [6, 6.07) is 0.690. The first-order valence-corrected chi connectivity index (χ1v) is 4.81. The van der Waals surface area contributed by atoms with E-state index in [4.69, 9.17) is 4.74 Å². The molecule has 0 radical (unpaired) electrons. The van der Waals surface area contributed by atoms with Gasteiger partial charge in [-0.05, 0) is 6.42 Å². The molecule has 1 N–H and O–H groups in total. The van der Waals surface area contributed by atoms with Crippen LogP contribution in [0.4, 0.5) is 0 Å². The van der Waals surface area contributed by atoms with Gasteiger partial charge in [0, 0.05) is 39.3 Å². The summed E-state index contributed by atoms with van der Waals surface area (Å²) in [6.45, 7) is 7.64. The number of hydrogen-bond acceptors (Lipinski definition) is 3. The minimum atomic E-state index is 0.690. The maximum Gasteiger partial charge on any atom is 0.0589 e. The van der Waals surface area contributed by atoms with E-state index in [-0.39, 0.29) is 0 Å². The maximum absolute atomic E-state index is 5.05. The highest BCUT2D eigenvalue weighted by Gasteiger charge is 2.16. The van der Waals surface area contributed by atoms with Crippen molar-refractivity contribution in [2.24, 2.45) is 0 Å². The molecule has 1 rings (SSSR count). The van der Waals surface area contributed by atoms with E-state index in [0.29, 0.717) is 6.04 Å². The lowest BCUT2D eigenvalue weighted by Crippen LogP contribution is -2.50. The normalized spacial score (nSPS) is 26.0. The molecule has 72 valence electrons. The van der Waals surface area contributed by atoms with E-state index in [2.05, 4.69) is 17.1 Å². The first kappa shape index (κ1) is 9.96. The Hall–Kier alpha value is -0.120. The SMILES string of the molecule is CCC1CN(CCOC)CCN1. The fourth-order valence-electron chi connectivity index (χ4n) is 1.59. The highest BCUT2D eigenvalue weighted by molar-refractivity contribution is 4.76. The van der Waals surface area contributed by atoms with E-state index >= 15 is 0 Å². The molecular weight excluding hydrogens is 152 g/mol. The second kappa shape index (κ2) is 5.51. The third-order valence-corrected chi connectivity index (χ3v) is 2.44. The molecule has 1 aliphatic heterocycles. The van der Waals surface area contributed by atoms with Crippen molar-refractivity contribution in [3.05, 3.63) is 0 Å². The van der Waals surface area contributed by atoms with Gasteiger partial charge >= 0.3 is 0 Å². The Morgan fingerprint density at radius 3 is 3.08 bits per heavy atom. The Morgan fingerprint density at radius 1 is 1.58 bits per heavy atom. The van der Waals surface area contributed by atoms with Crippen molar-refractivity contribution in [1.29, 1.82) is 0 Å². The zero-order chi connectivity index (χ0) is 8.81. The van der Waals surface area contributed by atoms with Gasteiger partial charge in [0.05, 0.1) is 6.61 Å². The molecule has 0 spiro atoms. The Labute approximate surface area is 75.1 Å². The van der Waals surface area contributed by atoms with Crippen molar-refractivity contribution in [2.75, 3.05) is 39.9 Å². The van der Waals surface area contributed by atoms with E-state index in [1.165, 1.54) is 19.5 Å². The summed E-state index contributed by atoms with van der Waals surface area (Å²) in [6.07, 6.45) is 1.23. The third kappa shape index (κ3) is 3.09. The fourth-order valence-corrected chi connectivity index (χ4v) is 1.59. The molecule has 0 saturated carbocycles. The van der Waals surface area contributed by atoms with E-state index < -0.39 is 0 Å². The predicted octanol–water partition coefficient (Wildman–Crippen LogP) is 0.317. The first-order chi connectivity index (χ1) is 5.86. The van der Waals surface area contributed by atoms with E-state index in [9.17, 15) is 0 Å². The lowest BCUT2D eigenvalue weighted by Gasteiger charge is -2.32. The van der Waals surface area contributed by atoms with Gasteiger partial charge in [-0.2, -0.15) is 0 Å². The van der Waals surface area contributed by atoms with E-state index in [1.807, 2.05) is 0 Å². The average Bonchev–Trinajstić information content (AvgIpc) is 2.15. The molecular formula is C9H20N2O. The van der Waals surface area contributed by atoms with Crippen molar-refractivity contribution < 1.29 is 4.74 Å². The highest BCUT2D eigenvalue weighted by atomic mass is 16.5. The number of rotatable bonds is 4. The highest BCUT2D eigenvalue weighted by Crippen LogP contribution is 2.01. The van der Waals surface area contributed by atoms with Gasteiger partial charge in [-0.15, -0.1) is 0 Å². The Kier molecular flexibility index (Phi) is 4.58. The molecule has 1 atom stereocenters.